The van der Waals surface area contributed by atoms with E-state index in [1.54, 1.807) is 24.3 Å². The Morgan fingerprint density at radius 2 is 2.00 bits per heavy atom. The highest BCUT2D eigenvalue weighted by atomic mass is 32.2. The Hall–Kier alpha value is -1.44. The molecule has 1 aromatic rings. The van der Waals surface area contributed by atoms with Gasteiger partial charge in [0.15, 0.2) is 0 Å². The number of anilines is 1. The number of hydrogen-bond acceptors (Lipinski definition) is 4. The summed E-state index contributed by atoms with van der Waals surface area (Å²) in [7, 11) is -3.55. The normalized spacial score (nSPS) is 25.8. The number of primary sulfonamides is 1. The highest BCUT2D eigenvalue weighted by Crippen LogP contribution is 2.37. The minimum atomic E-state index is -3.55. The lowest BCUT2D eigenvalue weighted by Crippen LogP contribution is -2.44. The summed E-state index contributed by atoms with van der Waals surface area (Å²) in [6.45, 7) is 1.88. The maximum Gasteiger partial charge on any atom is 0.231 e. The molecule has 0 aromatic heterocycles. The highest BCUT2D eigenvalue weighted by molar-refractivity contribution is 7.88. The maximum absolute atomic E-state index is 12.4. The number of carbonyl (C=O) groups excluding carboxylic acids is 1. The number of rotatable bonds is 4. The van der Waals surface area contributed by atoms with Gasteiger partial charge in [-0.15, -0.1) is 0 Å². The van der Waals surface area contributed by atoms with E-state index in [0.29, 0.717) is 11.3 Å². The van der Waals surface area contributed by atoms with Crippen molar-refractivity contribution in [3.8, 4) is 0 Å². The third-order valence-electron chi connectivity index (χ3n) is 4.13. The van der Waals surface area contributed by atoms with E-state index in [2.05, 4.69) is 5.32 Å². The fraction of sp³-hybridized carbons (Fsp3) is 0.500. The first-order valence-corrected chi connectivity index (χ1v) is 8.59. The molecule has 2 atom stereocenters. The second kappa shape index (κ2) is 5.75. The van der Waals surface area contributed by atoms with Crippen molar-refractivity contribution < 1.29 is 13.2 Å². The predicted molar refractivity (Wildman–Crippen MR) is 81.8 cm³/mol. The average molecular weight is 311 g/mol. The van der Waals surface area contributed by atoms with Gasteiger partial charge in [0, 0.05) is 11.7 Å². The molecule has 0 aliphatic heterocycles. The van der Waals surface area contributed by atoms with Crippen LogP contribution in [0.1, 0.15) is 31.7 Å². The van der Waals surface area contributed by atoms with Gasteiger partial charge in [-0.05, 0) is 37.5 Å². The smallest absolute Gasteiger partial charge is 0.231 e. The van der Waals surface area contributed by atoms with Gasteiger partial charge >= 0.3 is 0 Å². The van der Waals surface area contributed by atoms with Crippen molar-refractivity contribution in [3.63, 3.8) is 0 Å². The van der Waals surface area contributed by atoms with Crippen LogP contribution in [0, 0.1) is 5.41 Å². The molecular weight excluding hydrogens is 290 g/mol. The van der Waals surface area contributed by atoms with Crippen LogP contribution in [0.4, 0.5) is 5.69 Å². The number of amides is 1. The van der Waals surface area contributed by atoms with Crippen molar-refractivity contribution in [2.24, 2.45) is 16.3 Å². The van der Waals surface area contributed by atoms with E-state index in [4.69, 9.17) is 10.9 Å². The molecule has 1 aliphatic rings. The summed E-state index contributed by atoms with van der Waals surface area (Å²) >= 11 is 0. The third kappa shape index (κ3) is 3.81. The zero-order chi connectivity index (χ0) is 15.7. The lowest BCUT2D eigenvalue weighted by molar-refractivity contribution is -0.125. The van der Waals surface area contributed by atoms with Crippen LogP contribution in [0.5, 0.6) is 0 Å². The summed E-state index contributed by atoms with van der Waals surface area (Å²) in [5.41, 5.74) is 6.68. The fourth-order valence-corrected chi connectivity index (χ4v) is 3.32. The third-order valence-corrected chi connectivity index (χ3v) is 4.86. The van der Waals surface area contributed by atoms with Gasteiger partial charge in [-0.1, -0.05) is 18.6 Å². The second-order valence-electron chi connectivity index (χ2n) is 5.87. The average Bonchev–Trinajstić information content (AvgIpc) is 2.72. The van der Waals surface area contributed by atoms with Crippen LogP contribution in [0.15, 0.2) is 24.3 Å². The first kappa shape index (κ1) is 15.9. The molecule has 1 fully saturated rings. The van der Waals surface area contributed by atoms with Crippen molar-refractivity contribution in [1.29, 1.82) is 0 Å². The van der Waals surface area contributed by atoms with E-state index in [9.17, 15) is 13.2 Å². The molecule has 1 saturated carbocycles. The van der Waals surface area contributed by atoms with Crippen molar-refractivity contribution in [1.82, 2.24) is 0 Å². The molecule has 1 aromatic carbocycles. The van der Waals surface area contributed by atoms with Crippen LogP contribution in [0.3, 0.4) is 0 Å². The van der Waals surface area contributed by atoms with Gasteiger partial charge in [-0.3, -0.25) is 4.79 Å². The quantitative estimate of drug-likeness (QED) is 0.767. The molecule has 5 N–H and O–H groups in total. The summed E-state index contributed by atoms with van der Waals surface area (Å²) in [4.78, 5) is 12.4. The molecule has 0 heterocycles. The highest BCUT2D eigenvalue weighted by Gasteiger charge is 2.42. The van der Waals surface area contributed by atoms with Gasteiger partial charge in [0.1, 0.15) is 0 Å². The summed E-state index contributed by atoms with van der Waals surface area (Å²) in [6, 6.07) is 6.48. The molecule has 7 heteroatoms. The standard InChI is InChI=1S/C14H21N3O3S/c1-14(8-2-3-12(14)15)13(18)17-11-6-4-10(5-7-11)9-21(16,19)20/h4-7,12H,2-3,8-9,15H2,1H3,(H,17,18)(H2,16,19,20). The van der Waals surface area contributed by atoms with Crippen LogP contribution in [0.25, 0.3) is 0 Å². The van der Waals surface area contributed by atoms with Gasteiger partial charge in [0.2, 0.25) is 15.9 Å². The van der Waals surface area contributed by atoms with Gasteiger partial charge in [-0.25, -0.2) is 13.6 Å². The Bertz CT molecular complexity index is 627. The molecule has 0 radical (unpaired) electrons. The minimum absolute atomic E-state index is 0.0910. The molecule has 1 amide bonds. The maximum atomic E-state index is 12.4. The van der Waals surface area contributed by atoms with Crippen LogP contribution in [-0.4, -0.2) is 20.4 Å². The molecular formula is C14H21N3O3S. The molecule has 1 aliphatic carbocycles. The van der Waals surface area contributed by atoms with E-state index < -0.39 is 15.4 Å². The molecule has 21 heavy (non-hydrogen) atoms. The number of sulfonamides is 1. The van der Waals surface area contributed by atoms with Crippen LogP contribution >= 0.6 is 0 Å². The first-order valence-electron chi connectivity index (χ1n) is 6.87. The number of hydrogen-bond donors (Lipinski definition) is 3. The van der Waals surface area contributed by atoms with Crippen molar-refractivity contribution in [3.05, 3.63) is 29.8 Å². The number of carbonyl (C=O) groups is 1. The van der Waals surface area contributed by atoms with E-state index in [0.717, 1.165) is 19.3 Å². The van der Waals surface area contributed by atoms with E-state index >= 15 is 0 Å². The Balaban J connectivity index is 2.05. The Morgan fingerprint density at radius 3 is 2.48 bits per heavy atom. The predicted octanol–water partition coefficient (Wildman–Crippen LogP) is 0.931. The lowest BCUT2D eigenvalue weighted by atomic mass is 9.84. The summed E-state index contributed by atoms with van der Waals surface area (Å²) in [5.74, 6) is -0.309. The van der Waals surface area contributed by atoms with Crippen LogP contribution < -0.4 is 16.2 Å². The van der Waals surface area contributed by atoms with Gasteiger partial charge in [0.05, 0.1) is 11.2 Å². The van der Waals surface area contributed by atoms with Crippen LogP contribution in [0.2, 0.25) is 0 Å². The SMILES string of the molecule is CC1(C(=O)Nc2ccc(CS(N)(=O)=O)cc2)CCCC1N. The van der Waals surface area contributed by atoms with Crippen molar-refractivity contribution in [2.45, 2.75) is 38.0 Å². The molecule has 6 nitrogen and oxygen atoms in total. The van der Waals surface area contributed by atoms with Gasteiger partial charge in [0.25, 0.3) is 0 Å². The van der Waals surface area contributed by atoms with E-state index in [-0.39, 0.29) is 17.7 Å². The Morgan fingerprint density at radius 1 is 1.38 bits per heavy atom. The molecule has 2 rings (SSSR count). The molecule has 0 spiro atoms. The second-order valence-corrected chi connectivity index (χ2v) is 7.49. The van der Waals surface area contributed by atoms with Crippen LogP contribution in [-0.2, 0) is 20.6 Å². The first-order chi connectivity index (χ1) is 9.71. The van der Waals surface area contributed by atoms with E-state index in [1.807, 2.05) is 6.92 Å². The molecule has 0 saturated heterocycles. The molecule has 116 valence electrons. The summed E-state index contributed by atoms with van der Waals surface area (Å²) in [5, 5.41) is 7.84. The molecule has 0 bridgehead atoms. The van der Waals surface area contributed by atoms with E-state index in [1.165, 1.54) is 0 Å². The Labute approximate surface area is 124 Å². The van der Waals surface area contributed by atoms with Crippen molar-refractivity contribution in [2.75, 3.05) is 5.32 Å². The zero-order valence-electron chi connectivity index (χ0n) is 12.0. The minimum Gasteiger partial charge on any atom is -0.327 e. The topological polar surface area (TPSA) is 115 Å². The van der Waals surface area contributed by atoms with Crippen molar-refractivity contribution >= 4 is 21.6 Å². The number of nitrogens with two attached hydrogens (primary N) is 2. The molecule has 2 unspecified atom stereocenters. The number of benzene rings is 1. The van der Waals surface area contributed by atoms with Gasteiger partial charge < -0.3 is 11.1 Å². The Kier molecular flexibility index (Phi) is 4.36. The zero-order valence-corrected chi connectivity index (χ0v) is 12.8. The van der Waals surface area contributed by atoms with Gasteiger partial charge in [-0.2, -0.15) is 0 Å². The summed E-state index contributed by atoms with van der Waals surface area (Å²) < 4.78 is 22.0. The summed E-state index contributed by atoms with van der Waals surface area (Å²) in [6.07, 6.45) is 2.60. The monoisotopic (exact) mass is 311 g/mol. The largest absolute Gasteiger partial charge is 0.327 e. The fourth-order valence-electron chi connectivity index (χ4n) is 2.67. The number of nitrogens with one attached hydrogen (secondary N) is 1. The lowest BCUT2D eigenvalue weighted by Gasteiger charge is -2.27.